The van der Waals surface area contributed by atoms with Crippen LogP contribution in [-0.4, -0.2) is 21.3 Å². The van der Waals surface area contributed by atoms with Gasteiger partial charge in [0, 0.05) is 17.8 Å². The molecule has 0 atom stereocenters. The fourth-order valence-electron chi connectivity index (χ4n) is 1.92. The van der Waals surface area contributed by atoms with Gasteiger partial charge in [0.05, 0.1) is 28.6 Å². The Labute approximate surface area is 116 Å². The summed E-state index contributed by atoms with van der Waals surface area (Å²) in [4.78, 5) is 15.7. The average molecular weight is 276 g/mol. The Morgan fingerprint density at radius 3 is 2.70 bits per heavy atom. The summed E-state index contributed by atoms with van der Waals surface area (Å²) in [5.74, 6) is 0. The molecule has 0 fully saturated rings. The molecule has 2 rings (SSSR count). The van der Waals surface area contributed by atoms with Gasteiger partial charge in [-0.25, -0.2) is 4.68 Å². The number of anilines is 1. The van der Waals surface area contributed by atoms with Crippen LogP contribution >= 0.6 is 0 Å². The number of benzene rings is 1. The number of aryl methyl sites for hydroxylation is 2. The summed E-state index contributed by atoms with van der Waals surface area (Å²) in [6, 6.07) is 6.42. The zero-order valence-electron chi connectivity index (χ0n) is 11.6. The summed E-state index contributed by atoms with van der Waals surface area (Å²) in [5.41, 5.74) is 5.73. The Balaban J connectivity index is 2.53. The van der Waals surface area contributed by atoms with Gasteiger partial charge >= 0.3 is 0 Å². The fraction of sp³-hybridized carbons (Fsp3) is 0.308. The molecule has 0 amide bonds. The van der Waals surface area contributed by atoms with Gasteiger partial charge in [0.25, 0.3) is 5.69 Å². The predicted molar refractivity (Wildman–Crippen MR) is 74.9 cm³/mol. The zero-order valence-corrected chi connectivity index (χ0v) is 11.6. The minimum Gasteiger partial charge on any atom is -0.276 e. The molecule has 0 bridgehead atoms. The van der Waals surface area contributed by atoms with E-state index in [0.717, 1.165) is 11.4 Å². The number of hydrogen-bond acceptors (Lipinski definition) is 5. The summed E-state index contributed by atoms with van der Waals surface area (Å²) < 4.78 is 1.66. The van der Waals surface area contributed by atoms with Crippen molar-refractivity contribution < 1.29 is 9.76 Å². The lowest BCUT2D eigenvalue weighted by Gasteiger charge is -2.12. The maximum Gasteiger partial charge on any atom is 0.271 e. The van der Waals surface area contributed by atoms with Crippen molar-refractivity contribution >= 4 is 11.4 Å². The van der Waals surface area contributed by atoms with Crippen LogP contribution in [0.15, 0.2) is 24.3 Å². The standard InChI is InChI=1S/C13H16N4O3/c1-4-20-15-12-6-5-11(17(18)19)8-13(12)16-10(3)7-9(2)14-16/h5-8,15H,4H2,1-3H3. The largest absolute Gasteiger partial charge is 0.276 e. The Morgan fingerprint density at radius 2 is 2.15 bits per heavy atom. The topological polar surface area (TPSA) is 82.2 Å². The number of rotatable bonds is 5. The molecule has 1 N–H and O–H groups in total. The second kappa shape index (κ2) is 5.70. The summed E-state index contributed by atoms with van der Waals surface area (Å²) in [7, 11) is 0. The van der Waals surface area contributed by atoms with Crippen LogP contribution in [0.4, 0.5) is 11.4 Å². The van der Waals surface area contributed by atoms with Gasteiger partial charge in [0.1, 0.15) is 0 Å². The molecule has 1 aromatic carbocycles. The molecule has 0 saturated carbocycles. The molecule has 7 nitrogen and oxygen atoms in total. The highest BCUT2D eigenvalue weighted by Crippen LogP contribution is 2.26. The van der Waals surface area contributed by atoms with Gasteiger partial charge in [-0.3, -0.25) is 20.4 Å². The first kappa shape index (κ1) is 14.0. The van der Waals surface area contributed by atoms with Crippen LogP contribution in [0.2, 0.25) is 0 Å². The number of aromatic nitrogens is 2. The monoisotopic (exact) mass is 276 g/mol. The highest BCUT2D eigenvalue weighted by Gasteiger charge is 2.14. The Kier molecular flexibility index (Phi) is 3.99. The minimum absolute atomic E-state index is 0.00889. The van der Waals surface area contributed by atoms with Crippen LogP contribution in [0.3, 0.4) is 0 Å². The first-order chi connectivity index (χ1) is 9.52. The third kappa shape index (κ3) is 2.77. The predicted octanol–water partition coefficient (Wildman–Crippen LogP) is 2.76. The zero-order chi connectivity index (χ0) is 14.7. The molecule has 0 radical (unpaired) electrons. The van der Waals surface area contributed by atoms with E-state index < -0.39 is 4.92 Å². The SMILES string of the molecule is CCONc1ccc([N+](=O)[O-])cc1-n1nc(C)cc1C. The van der Waals surface area contributed by atoms with Gasteiger partial charge in [0.2, 0.25) is 0 Å². The average Bonchev–Trinajstić information content (AvgIpc) is 2.75. The van der Waals surface area contributed by atoms with Crippen molar-refractivity contribution in [3.05, 3.63) is 45.8 Å². The van der Waals surface area contributed by atoms with Crippen LogP contribution in [0.25, 0.3) is 5.69 Å². The highest BCUT2D eigenvalue weighted by molar-refractivity contribution is 5.64. The highest BCUT2D eigenvalue weighted by atomic mass is 16.6. The fourth-order valence-corrected chi connectivity index (χ4v) is 1.92. The summed E-state index contributed by atoms with van der Waals surface area (Å²) in [6.45, 7) is 6.09. The summed E-state index contributed by atoms with van der Waals surface area (Å²) in [6.07, 6.45) is 0. The second-order valence-corrected chi connectivity index (χ2v) is 4.33. The number of nitrogens with zero attached hydrogens (tertiary/aromatic N) is 3. The van der Waals surface area contributed by atoms with E-state index in [2.05, 4.69) is 10.6 Å². The molecule has 1 aromatic heterocycles. The number of hydrogen-bond donors (Lipinski definition) is 1. The lowest BCUT2D eigenvalue weighted by molar-refractivity contribution is -0.384. The molecule has 0 aliphatic heterocycles. The van der Waals surface area contributed by atoms with Gasteiger partial charge in [-0.15, -0.1) is 0 Å². The van der Waals surface area contributed by atoms with Gasteiger partial charge < -0.3 is 0 Å². The number of nitro benzene ring substituents is 1. The van der Waals surface area contributed by atoms with E-state index in [-0.39, 0.29) is 5.69 Å². The number of nitrogens with one attached hydrogen (secondary N) is 1. The quantitative estimate of drug-likeness (QED) is 0.670. The smallest absolute Gasteiger partial charge is 0.271 e. The molecule has 106 valence electrons. The Bertz CT molecular complexity index is 637. The third-order valence-electron chi connectivity index (χ3n) is 2.76. The maximum absolute atomic E-state index is 10.9. The molecule has 0 spiro atoms. The molecule has 0 unspecified atom stereocenters. The molecule has 0 aliphatic carbocycles. The third-order valence-corrected chi connectivity index (χ3v) is 2.76. The number of nitro groups is 1. The molecule has 0 aliphatic rings. The van der Waals surface area contributed by atoms with Crippen molar-refractivity contribution in [3.63, 3.8) is 0 Å². The van der Waals surface area contributed by atoms with Crippen LogP contribution in [0.5, 0.6) is 0 Å². The second-order valence-electron chi connectivity index (χ2n) is 4.33. The van der Waals surface area contributed by atoms with E-state index in [4.69, 9.17) is 4.84 Å². The van der Waals surface area contributed by atoms with Gasteiger partial charge in [-0.05, 0) is 32.9 Å². The summed E-state index contributed by atoms with van der Waals surface area (Å²) >= 11 is 0. The molecule has 7 heteroatoms. The minimum atomic E-state index is -0.431. The first-order valence-electron chi connectivity index (χ1n) is 6.22. The van der Waals surface area contributed by atoms with Crippen molar-refractivity contribution in [2.45, 2.75) is 20.8 Å². The molecular formula is C13H16N4O3. The first-order valence-corrected chi connectivity index (χ1v) is 6.22. The van der Waals surface area contributed by atoms with E-state index >= 15 is 0 Å². The normalized spacial score (nSPS) is 10.6. The van der Waals surface area contributed by atoms with Gasteiger partial charge in [-0.1, -0.05) is 0 Å². The summed E-state index contributed by atoms with van der Waals surface area (Å²) in [5, 5.41) is 15.3. The molecule has 1 heterocycles. The van der Waals surface area contributed by atoms with E-state index in [1.807, 2.05) is 26.8 Å². The van der Waals surface area contributed by atoms with Crippen LogP contribution in [0.1, 0.15) is 18.3 Å². The Morgan fingerprint density at radius 1 is 1.40 bits per heavy atom. The Hall–Kier alpha value is -2.41. The van der Waals surface area contributed by atoms with E-state index in [1.165, 1.54) is 12.1 Å². The van der Waals surface area contributed by atoms with Crippen LogP contribution in [-0.2, 0) is 4.84 Å². The van der Waals surface area contributed by atoms with Crippen molar-refractivity contribution in [1.29, 1.82) is 0 Å². The van der Waals surface area contributed by atoms with Crippen molar-refractivity contribution in [2.24, 2.45) is 0 Å². The lowest BCUT2D eigenvalue weighted by atomic mass is 10.2. The molecule has 20 heavy (non-hydrogen) atoms. The van der Waals surface area contributed by atoms with Crippen molar-refractivity contribution in [2.75, 3.05) is 12.1 Å². The van der Waals surface area contributed by atoms with Crippen LogP contribution < -0.4 is 5.48 Å². The molecular weight excluding hydrogens is 260 g/mol. The maximum atomic E-state index is 10.9. The van der Waals surface area contributed by atoms with E-state index in [1.54, 1.807) is 10.7 Å². The van der Waals surface area contributed by atoms with Crippen LogP contribution in [0, 0.1) is 24.0 Å². The van der Waals surface area contributed by atoms with Crippen molar-refractivity contribution in [3.8, 4) is 5.69 Å². The molecule has 0 saturated heterocycles. The van der Waals surface area contributed by atoms with Gasteiger partial charge in [-0.2, -0.15) is 5.10 Å². The lowest BCUT2D eigenvalue weighted by Crippen LogP contribution is -2.08. The van der Waals surface area contributed by atoms with Gasteiger partial charge in [0.15, 0.2) is 0 Å². The van der Waals surface area contributed by atoms with E-state index in [0.29, 0.717) is 18.0 Å². The van der Waals surface area contributed by atoms with E-state index in [9.17, 15) is 10.1 Å². The van der Waals surface area contributed by atoms with Crippen molar-refractivity contribution in [1.82, 2.24) is 9.78 Å². The number of non-ortho nitro benzene ring substituents is 1. The molecule has 2 aromatic rings.